The zero-order valence-electron chi connectivity index (χ0n) is 6.60. The van der Waals surface area contributed by atoms with Gasteiger partial charge in [0.25, 0.3) is 5.91 Å². The molecule has 0 radical (unpaired) electrons. The summed E-state index contributed by atoms with van der Waals surface area (Å²) in [6.45, 7) is 0. The molecule has 0 saturated heterocycles. The second-order valence-electron chi connectivity index (χ2n) is 2.32. The van der Waals surface area contributed by atoms with Crippen molar-refractivity contribution in [3.05, 3.63) is 28.2 Å². The molecular weight excluding hydrogens is 220 g/mol. The number of nitrogens with two attached hydrogens (primary N) is 1. The van der Waals surface area contributed by atoms with Crippen LogP contribution in [0.5, 0.6) is 0 Å². The third kappa shape index (κ3) is 1.76. The van der Waals surface area contributed by atoms with Crippen LogP contribution in [-0.2, 0) is 0 Å². The molecule has 0 fully saturated rings. The highest BCUT2D eigenvalue weighted by atomic mass is 79.9. The summed E-state index contributed by atoms with van der Waals surface area (Å²) < 4.78 is 0.801. The van der Waals surface area contributed by atoms with Crippen molar-refractivity contribution in [3.8, 4) is 0 Å². The zero-order valence-corrected chi connectivity index (χ0v) is 8.18. The monoisotopic (exact) mass is 228 g/mol. The maximum absolute atomic E-state index is 11.1. The first kappa shape index (κ1) is 9.06. The first-order valence-electron chi connectivity index (χ1n) is 3.42. The van der Waals surface area contributed by atoms with Gasteiger partial charge in [-0.3, -0.25) is 4.79 Å². The highest BCUT2D eigenvalue weighted by molar-refractivity contribution is 9.10. The Hall–Kier alpha value is -1.03. The highest BCUT2D eigenvalue weighted by Gasteiger charge is 2.03. The van der Waals surface area contributed by atoms with Crippen molar-refractivity contribution in [1.82, 2.24) is 5.32 Å². The van der Waals surface area contributed by atoms with Crippen molar-refractivity contribution in [3.63, 3.8) is 0 Å². The van der Waals surface area contributed by atoms with Crippen LogP contribution in [0.25, 0.3) is 0 Å². The fourth-order valence-corrected chi connectivity index (χ4v) is 1.08. The van der Waals surface area contributed by atoms with Crippen LogP contribution >= 0.6 is 15.9 Å². The number of hydrogen-bond donors (Lipinski definition) is 2. The SMILES string of the molecule is CNC(=O)c1ccc(Br)c(N)c1. The van der Waals surface area contributed by atoms with Crippen molar-refractivity contribution in [2.75, 3.05) is 12.8 Å². The third-order valence-corrected chi connectivity index (χ3v) is 2.21. The number of hydrogen-bond acceptors (Lipinski definition) is 2. The Morgan fingerprint density at radius 1 is 1.58 bits per heavy atom. The highest BCUT2D eigenvalue weighted by Crippen LogP contribution is 2.19. The van der Waals surface area contributed by atoms with Crippen molar-refractivity contribution in [2.24, 2.45) is 0 Å². The number of anilines is 1. The summed E-state index contributed by atoms with van der Waals surface area (Å²) in [5, 5.41) is 2.52. The number of halogens is 1. The molecule has 1 aromatic rings. The third-order valence-electron chi connectivity index (χ3n) is 1.49. The molecule has 0 heterocycles. The molecule has 3 N–H and O–H groups in total. The number of carbonyl (C=O) groups excluding carboxylic acids is 1. The Bertz CT molecular complexity index is 312. The van der Waals surface area contributed by atoms with Gasteiger partial charge >= 0.3 is 0 Å². The lowest BCUT2D eigenvalue weighted by atomic mass is 10.2. The van der Waals surface area contributed by atoms with E-state index in [1.165, 1.54) is 0 Å². The summed E-state index contributed by atoms with van der Waals surface area (Å²) in [5.74, 6) is -0.130. The van der Waals surface area contributed by atoms with E-state index in [1.54, 1.807) is 25.2 Å². The quantitative estimate of drug-likeness (QED) is 0.715. The van der Waals surface area contributed by atoms with Crippen LogP contribution in [0.1, 0.15) is 10.4 Å². The van der Waals surface area contributed by atoms with Crippen molar-refractivity contribution >= 4 is 27.5 Å². The molecule has 1 amide bonds. The molecule has 0 bridgehead atoms. The Balaban J connectivity index is 3.05. The molecule has 64 valence electrons. The van der Waals surface area contributed by atoms with Gasteiger partial charge in [-0.25, -0.2) is 0 Å². The molecule has 1 rings (SSSR count). The summed E-state index contributed by atoms with van der Waals surface area (Å²) in [4.78, 5) is 11.1. The molecule has 0 aliphatic heterocycles. The fourth-order valence-electron chi connectivity index (χ4n) is 0.829. The minimum atomic E-state index is -0.130. The standard InChI is InChI=1S/C8H9BrN2O/c1-11-8(12)5-2-3-6(9)7(10)4-5/h2-4H,10H2,1H3,(H,11,12). The summed E-state index contributed by atoms with van der Waals surface area (Å²) in [7, 11) is 1.58. The van der Waals surface area contributed by atoms with Crippen LogP contribution in [0.3, 0.4) is 0 Å². The average molecular weight is 229 g/mol. The Kier molecular flexibility index (Phi) is 2.70. The normalized spacial score (nSPS) is 9.50. The number of nitrogens with one attached hydrogen (secondary N) is 1. The topological polar surface area (TPSA) is 55.1 Å². The van der Waals surface area contributed by atoms with Crippen molar-refractivity contribution in [2.45, 2.75) is 0 Å². The molecule has 1 aromatic carbocycles. The molecule has 12 heavy (non-hydrogen) atoms. The second-order valence-corrected chi connectivity index (χ2v) is 3.17. The molecule has 0 saturated carbocycles. The smallest absolute Gasteiger partial charge is 0.251 e. The minimum absolute atomic E-state index is 0.130. The van der Waals surface area contributed by atoms with Gasteiger partial charge in [-0.15, -0.1) is 0 Å². The summed E-state index contributed by atoms with van der Waals surface area (Å²) in [5.41, 5.74) is 6.72. The minimum Gasteiger partial charge on any atom is -0.398 e. The molecular formula is C8H9BrN2O. The lowest BCUT2D eigenvalue weighted by Gasteiger charge is -2.01. The zero-order chi connectivity index (χ0) is 9.14. The average Bonchev–Trinajstić information content (AvgIpc) is 2.08. The van der Waals surface area contributed by atoms with E-state index in [0.29, 0.717) is 11.3 Å². The van der Waals surface area contributed by atoms with Crippen molar-refractivity contribution < 1.29 is 4.79 Å². The summed E-state index contributed by atoms with van der Waals surface area (Å²) in [6, 6.07) is 5.09. The Labute approximate surface area is 79.1 Å². The molecule has 4 heteroatoms. The maximum Gasteiger partial charge on any atom is 0.251 e. The van der Waals surface area contributed by atoms with Crippen LogP contribution in [0.15, 0.2) is 22.7 Å². The second kappa shape index (κ2) is 3.58. The predicted octanol–water partition coefficient (Wildman–Crippen LogP) is 1.39. The van der Waals surface area contributed by atoms with E-state index in [2.05, 4.69) is 21.2 Å². The van der Waals surface area contributed by atoms with Crippen LogP contribution in [0.4, 0.5) is 5.69 Å². The molecule has 0 aliphatic rings. The maximum atomic E-state index is 11.1. The molecule has 0 atom stereocenters. The van der Waals surface area contributed by atoms with Gasteiger partial charge < -0.3 is 11.1 Å². The van der Waals surface area contributed by atoms with Gasteiger partial charge in [-0.1, -0.05) is 0 Å². The van der Waals surface area contributed by atoms with Gasteiger partial charge in [-0.2, -0.15) is 0 Å². The number of rotatable bonds is 1. The number of amides is 1. The van der Waals surface area contributed by atoms with E-state index >= 15 is 0 Å². The molecule has 0 aromatic heterocycles. The van der Waals surface area contributed by atoms with E-state index in [4.69, 9.17) is 5.73 Å². The van der Waals surface area contributed by atoms with Crippen LogP contribution in [-0.4, -0.2) is 13.0 Å². The van der Waals surface area contributed by atoms with Gasteiger partial charge in [0, 0.05) is 22.8 Å². The predicted molar refractivity (Wildman–Crippen MR) is 51.9 cm³/mol. The summed E-state index contributed by atoms with van der Waals surface area (Å²) >= 11 is 3.24. The van der Waals surface area contributed by atoms with Gasteiger partial charge in [-0.05, 0) is 34.1 Å². The first-order valence-corrected chi connectivity index (χ1v) is 4.21. The molecule has 0 unspecified atom stereocenters. The fraction of sp³-hybridized carbons (Fsp3) is 0.125. The van der Waals surface area contributed by atoms with E-state index in [-0.39, 0.29) is 5.91 Å². The van der Waals surface area contributed by atoms with Crippen LogP contribution in [0.2, 0.25) is 0 Å². The Morgan fingerprint density at radius 2 is 2.25 bits per heavy atom. The number of carbonyl (C=O) groups is 1. The van der Waals surface area contributed by atoms with Gasteiger partial charge in [0.05, 0.1) is 0 Å². The summed E-state index contributed by atoms with van der Waals surface area (Å²) in [6.07, 6.45) is 0. The lowest BCUT2D eigenvalue weighted by molar-refractivity contribution is 0.0963. The van der Waals surface area contributed by atoms with E-state index in [9.17, 15) is 4.79 Å². The lowest BCUT2D eigenvalue weighted by Crippen LogP contribution is -2.17. The van der Waals surface area contributed by atoms with E-state index in [0.717, 1.165) is 4.47 Å². The molecule has 0 spiro atoms. The van der Waals surface area contributed by atoms with E-state index in [1.807, 2.05) is 0 Å². The Morgan fingerprint density at radius 3 is 2.75 bits per heavy atom. The van der Waals surface area contributed by atoms with Crippen LogP contribution < -0.4 is 11.1 Å². The van der Waals surface area contributed by atoms with E-state index < -0.39 is 0 Å². The molecule has 3 nitrogen and oxygen atoms in total. The van der Waals surface area contributed by atoms with Gasteiger partial charge in [0.2, 0.25) is 0 Å². The van der Waals surface area contributed by atoms with Gasteiger partial charge in [0.1, 0.15) is 0 Å². The van der Waals surface area contributed by atoms with Crippen molar-refractivity contribution in [1.29, 1.82) is 0 Å². The van der Waals surface area contributed by atoms with Crippen LogP contribution in [0, 0.1) is 0 Å². The first-order chi connectivity index (χ1) is 5.65. The molecule has 0 aliphatic carbocycles. The number of benzene rings is 1. The largest absolute Gasteiger partial charge is 0.398 e. The van der Waals surface area contributed by atoms with Gasteiger partial charge in [0.15, 0.2) is 0 Å². The number of nitrogen functional groups attached to an aromatic ring is 1.